The van der Waals surface area contributed by atoms with Crippen LogP contribution in [0.4, 0.5) is 5.69 Å². The number of morpholine rings is 1. The monoisotopic (exact) mass is 299 g/mol. The van der Waals surface area contributed by atoms with E-state index in [-0.39, 0.29) is 0 Å². The highest BCUT2D eigenvalue weighted by molar-refractivity contribution is 9.10. The smallest absolute Gasteiger partial charge is 0.0772 e. The van der Waals surface area contributed by atoms with Crippen LogP contribution in [0.3, 0.4) is 0 Å². The van der Waals surface area contributed by atoms with E-state index in [1.165, 1.54) is 5.69 Å². The quantitative estimate of drug-likeness (QED) is 0.911. The van der Waals surface area contributed by atoms with Crippen molar-refractivity contribution in [3.05, 3.63) is 28.2 Å². The Morgan fingerprint density at radius 3 is 2.88 bits per heavy atom. The maximum absolute atomic E-state index is 9.59. The Hall–Kier alpha value is -0.580. The highest BCUT2D eigenvalue weighted by Crippen LogP contribution is 2.29. The van der Waals surface area contributed by atoms with Crippen molar-refractivity contribution < 1.29 is 9.84 Å². The number of halogens is 1. The number of aliphatic hydroxyl groups is 1. The Labute approximate surface area is 111 Å². The van der Waals surface area contributed by atoms with Crippen LogP contribution in [-0.4, -0.2) is 30.9 Å². The zero-order valence-corrected chi connectivity index (χ0v) is 11.8. The second-order valence-corrected chi connectivity index (χ2v) is 5.35. The summed E-state index contributed by atoms with van der Waals surface area (Å²) in [6.07, 6.45) is -0.444. The zero-order chi connectivity index (χ0) is 12.4. The summed E-state index contributed by atoms with van der Waals surface area (Å²) in [5.41, 5.74) is 2.10. The van der Waals surface area contributed by atoms with Gasteiger partial charge in [0, 0.05) is 22.7 Å². The van der Waals surface area contributed by atoms with Gasteiger partial charge in [0.25, 0.3) is 0 Å². The summed E-state index contributed by atoms with van der Waals surface area (Å²) in [4.78, 5) is 2.33. The first kappa shape index (κ1) is 12.9. The summed E-state index contributed by atoms with van der Waals surface area (Å²) in [5.74, 6) is 0. The Kier molecular flexibility index (Phi) is 4.07. The fourth-order valence-electron chi connectivity index (χ4n) is 2.14. The number of aliphatic hydroxyl groups excluding tert-OH is 1. The van der Waals surface area contributed by atoms with Crippen molar-refractivity contribution in [1.29, 1.82) is 0 Å². The van der Waals surface area contributed by atoms with E-state index in [0.29, 0.717) is 6.04 Å². The number of ether oxygens (including phenoxy) is 1. The first-order valence-electron chi connectivity index (χ1n) is 5.91. The molecule has 0 spiro atoms. The summed E-state index contributed by atoms with van der Waals surface area (Å²) in [6, 6.07) is 6.51. The summed E-state index contributed by atoms with van der Waals surface area (Å²) >= 11 is 3.52. The molecule has 0 aliphatic carbocycles. The average Bonchev–Trinajstić information content (AvgIpc) is 2.29. The molecular weight excluding hydrogens is 282 g/mol. The molecule has 1 saturated heterocycles. The van der Waals surface area contributed by atoms with Crippen molar-refractivity contribution in [1.82, 2.24) is 0 Å². The van der Waals surface area contributed by atoms with E-state index in [4.69, 9.17) is 4.74 Å². The van der Waals surface area contributed by atoms with Gasteiger partial charge in [0.15, 0.2) is 0 Å². The fraction of sp³-hybridized carbons (Fsp3) is 0.538. The van der Waals surface area contributed by atoms with Gasteiger partial charge in [-0.3, -0.25) is 0 Å². The Balaban J connectivity index is 2.24. The fourth-order valence-corrected chi connectivity index (χ4v) is 2.84. The Morgan fingerprint density at radius 1 is 1.53 bits per heavy atom. The van der Waals surface area contributed by atoms with Crippen LogP contribution in [0.2, 0.25) is 0 Å². The standard InChI is InChI=1S/C13H18BrNO2/c1-9-8-17-6-5-15(9)11-3-4-12(10(2)16)13(14)7-11/h3-4,7,9-10,16H,5-6,8H2,1-2H3/t9?,10-/m0/s1. The number of hydrogen-bond donors (Lipinski definition) is 1. The van der Waals surface area contributed by atoms with Crippen LogP contribution in [0.25, 0.3) is 0 Å². The molecule has 17 heavy (non-hydrogen) atoms. The second kappa shape index (κ2) is 5.38. The summed E-state index contributed by atoms with van der Waals surface area (Å²) < 4.78 is 6.39. The lowest BCUT2D eigenvalue weighted by Crippen LogP contribution is -2.43. The van der Waals surface area contributed by atoms with E-state index < -0.39 is 6.10 Å². The van der Waals surface area contributed by atoms with Crippen molar-refractivity contribution in [3.63, 3.8) is 0 Å². The third kappa shape index (κ3) is 2.81. The predicted molar refractivity (Wildman–Crippen MR) is 72.4 cm³/mol. The highest BCUT2D eigenvalue weighted by Gasteiger charge is 2.19. The van der Waals surface area contributed by atoms with Crippen LogP contribution in [0.5, 0.6) is 0 Å². The van der Waals surface area contributed by atoms with Crippen LogP contribution in [0, 0.1) is 0 Å². The van der Waals surface area contributed by atoms with Gasteiger partial charge in [-0.25, -0.2) is 0 Å². The minimum absolute atomic E-state index is 0.396. The molecule has 1 aliphatic heterocycles. The van der Waals surface area contributed by atoms with Gasteiger partial charge in [-0.2, -0.15) is 0 Å². The lowest BCUT2D eigenvalue weighted by molar-refractivity contribution is 0.0989. The minimum Gasteiger partial charge on any atom is -0.389 e. The van der Waals surface area contributed by atoms with Crippen LogP contribution >= 0.6 is 15.9 Å². The molecule has 2 rings (SSSR count). The Bertz CT molecular complexity index is 395. The van der Waals surface area contributed by atoms with Crippen LogP contribution in [-0.2, 0) is 4.74 Å². The summed E-state index contributed by atoms with van der Waals surface area (Å²) in [5, 5.41) is 9.59. The van der Waals surface area contributed by atoms with E-state index in [9.17, 15) is 5.11 Å². The van der Waals surface area contributed by atoms with Crippen LogP contribution in [0.15, 0.2) is 22.7 Å². The largest absolute Gasteiger partial charge is 0.389 e. The van der Waals surface area contributed by atoms with E-state index in [1.807, 2.05) is 6.07 Å². The second-order valence-electron chi connectivity index (χ2n) is 4.50. The number of hydrogen-bond acceptors (Lipinski definition) is 3. The molecule has 1 aromatic rings. The summed E-state index contributed by atoms with van der Waals surface area (Å²) in [6.45, 7) is 6.41. The molecular formula is C13H18BrNO2. The third-order valence-electron chi connectivity index (χ3n) is 3.13. The van der Waals surface area contributed by atoms with E-state index in [0.717, 1.165) is 29.8 Å². The first-order chi connectivity index (χ1) is 8.09. The minimum atomic E-state index is -0.444. The third-order valence-corrected chi connectivity index (χ3v) is 3.82. The summed E-state index contributed by atoms with van der Waals surface area (Å²) in [7, 11) is 0. The molecule has 0 amide bonds. The number of rotatable bonds is 2. The molecule has 1 aromatic carbocycles. The van der Waals surface area contributed by atoms with E-state index in [2.05, 4.69) is 39.9 Å². The molecule has 1 N–H and O–H groups in total. The topological polar surface area (TPSA) is 32.7 Å². The molecule has 0 radical (unpaired) electrons. The predicted octanol–water partition coefficient (Wildman–Crippen LogP) is 2.73. The maximum Gasteiger partial charge on any atom is 0.0772 e. The van der Waals surface area contributed by atoms with Crippen molar-refractivity contribution in [2.45, 2.75) is 26.0 Å². The van der Waals surface area contributed by atoms with Gasteiger partial charge in [-0.1, -0.05) is 22.0 Å². The zero-order valence-electron chi connectivity index (χ0n) is 10.2. The molecule has 1 fully saturated rings. The van der Waals surface area contributed by atoms with Crippen molar-refractivity contribution in [2.24, 2.45) is 0 Å². The molecule has 1 heterocycles. The van der Waals surface area contributed by atoms with Gasteiger partial charge >= 0.3 is 0 Å². The molecule has 2 atom stereocenters. The van der Waals surface area contributed by atoms with Gasteiger partial charge in [0.05, 0.1) is 19.3 Å². The molecule has 0 bridgehead atoms. The number of benzene rings is 1. The van der Waals surface area contributed by atoms with Crippen LogP contribution < -0.4 is 4.90 Å². The highest BCUT2D eigenvalue weighted by atomic mass is 79.9. The lowest BCUT2D eigenvalue weighted by Gasteiger charge is -2.35. The van der Waals surface area contributed by atoms with E-state index in [1.54, 1.807) is 6.92 Å². The van der Waals surface area contributed by atoms with E-state index >= 15 is 0 Å². The van der Waals surface area contributed by atoms with Gasteiger partial charge in [0.1, 0.15) is 0 Å². The van der Waals surface area contributed by atoms with Crippen molar-refractivity contribution in [3.8, 4) is 0 Å². The van der Waals surface area contributed by atoms with Crippen molar-refractivity contribution in [2.75, 3.05) is 24.7 Å². The number of nitrogens with zero attached hydrogens (tertiary/aromatic N) is 1. The molecule has 1 unspecified atom stereocenters. The SMILES string of the molecule is CC1COCCN1c1ccc([C@H](C)O)c(Br)c1. The van der Waals surface area contributed by atoms with Gasteiger partial charge in [0.2, 0.25) is 0 Å². The normalized spacial score (nSPS) is 22.6. The lowest BCUT2D eigenvalue weighted by atomic mass is 10.1. The maximum atomic E-state index is 9.59. The first-order valence-corrected chi connectivity index (χ1v) is 6.71. The van der Waals surface area contributed by atoms with Crippen LogP contribution in [0.1, 0.15) is 25.5 Å². The molecule has 3 nitrogen and oxygen atoms in total. The molecule has 0 saturated carbocycles. The van der Waals surface area contributed by atoms with Gasteiger partial charge < -0.3 is 14.7 Å². The molecule has 1 aliphatic rings. The number of anilines is 1. The molecule has 94 valence electrons. The Morgan fingerprint density at radius 2 is 2.29 bits per heavy atom. The van der Waals surface area contributed by atoms with Crippen molar-refractivity contribution >= 4 is 21.6 Å². The average molecular weight is 300 g/mol. The molecule has 0 aromatic heterocycles. The molecule has 4 heteroatoms. The van der Waals surface area contributed by atoms with Gasteiger partial charge in [-0.05, 0) is 31.5 Å². The van der Waals surface area contributed by atoms with Gasteiger partial charge in [-0.15, -0.1) is 0 Å².